The summed E-state index contributed by atoms with van der Waals surface area (Å²) in [5, 5.41) is 4.84. The number of aromatic nitrogens is 4. The van der Waals surface area contributed by atoms with Crippen LogP contribution in [0.5, 0.6) is 0 Å². The Hall–Kier alpha value is -1.95. The van der Waals surface area contributed by atoms with Gasteiger partial charge in [-0.1, -0.05) is 12.1 Å². The van der Waals surface area contributed by atoms with Gasteiger partial charge in [0.2, 0.25) is 0 Å². The van der Waals surface area contributed by atoms with Crippen LogP contribution in [0.1, 0.15) is 5.82 Å². The summed E-state index contributed by atoms with van der Waals surface area (Å²) < 4.78 is 1.58. The van der Waals surface area contributed by atoms with Gasteiger partial charge in [0.25, 0.3) is 0 Å². The predicted octanol–water partition coefficient (Wildman–Crippen LogP) is 1.28. The molecule has 0 fully saturated rings. The van der Waals surface area contributed by atoms with Crippen LogP contribution in [0.4, 0.5) is 0 Å². The Morgan fingerprint density at radius 1 is 1.35 bits per heavy atom. The van der Waals surface area contributed by atoms with Crippen molar-refractivity contribution in [1.29, 1.82) is 0 Å². The molecule has 0 saturated heterocycles. The number of fused-ring (bicyclic) bond motifs is 3. The highest BCUT2D eigenvalue weighted by atomic mass is 32.1. The third-order valence-corrected chi connectivity index (χ3v) is 2.59. The first-order valence-electron chi connectivity index (χ1n) is 5.05. The van der Waals surface area contributed by atoms with Gasteiger partial charge in [0.05, 0.1) is 11.9 Å². The molecule has 17 heavy (non-hydrogen) atoms. The van der Waals surface area contributed by atoms with Crippen LogP contribution in [0.3, 0.4) is 0 Å². The van der Waals surface area contributed by atoms with E-state index in [0.29, 0.717) is 11.5 Å². The van der Waals surface area contributed by atoms with Crippen molar-refractivity contribution in [3.63, 3.8) is 0 Å². The molecule has 6 heteroatoms. The number of hydrogen-bond donors (Lipinski definition) is 1. The Bertz CT molecular complexity index is 722. The fourth-order valence-corrected chi connectivity index (χ4v) is 1.88. The molecule has 0 radical (unpaired) electrons. The lowest BCUT2D eigenvalue weighted by molar-refractivity contribution is -0.110. The average Bonchev–Trinajstić information content (AvgIpc) is 2.70. The van der Waals surface area contributed by atoms with Gasteiger partial charge in [-0.15, -0.1) is 17.7 Å². The van der Waals surface area contributed by atoms with Gasteiger partial charge < -0.3 is 0 Å². The Morgan fingerprint density at radius 3 is 3.00 bits per heavy atom. The standard InChI is InChI=1S/C11H8N4OS/c16-10(17)5-9-13-11-7-3-1-2-4-8(7)12-6-15(11)14-9/h1-4,6H,5H2,(H,16,17). The molecule has 0 aliphatic carbocycles. The number of benzene rings is 1. The van der Waals surface area contributed by atoms with Crippen molar-refractivity contribution in [2.24, 2.45) is 0 Å². The van der Waals surface area contributed by atoms with Gasteiger partial charge in [0.15, 0.2) is 16.6 Å². The summed E-state index contributed by atoms with van der Waals surface area (Å²) in [4.78, 5) is 19.5. The SMILES string of the molecule is O=C(S)Cc1nc2c3ccccc3ncn2n1. The third kappa shape index (κ3) is 1.76. The van der Waals surface area contributed by atoms with Gasteiger partial charge in [-0.2, -0.15) is 0 Å². The summed E-state index contributed by atoms with van der Waals surface area (Å²) >= 11 is 3.72. The van der Waals surface area contributed by atoms with Crippen molar-refractivity contribution < 1.29 is 4.79 Å². The highest BCUT2D eigenvalue weighted by Gasteiger charge is 2.09. The predicted molar refractivity (Wildman–Crippen MR) is 66.0 cm³/mol. The van der Waals surface area contributed by atoms with Crippen LogP contribution in [0.15, 0.2) is 30.6 Å². The van der Waals surface area contributed by atoms with Gasteiger partial charge in [-0.25, -0.2) is 14.5 Å². The molecule has 0 spiro atoms. The number of hydrogen-bond acceptors (Lipinski definition) is 4. The zero-order valence-corrected chi connectivity index (χ0v) is 9.63. The monoisotopic (exact) mass is 244 g/mol. The molecule has 0 N–H and O–H groups in total. The maximum Gasteiger partial charge on any atom is 0.193 e. The highest BCUT2D eigenvalue weighted by Crippen LogP contribution is 2.15. The largest absolute Gasteiger partial charge is 0.287 e. The molecule has 1 aromatic carbocycles. The molecule has 0 atom stereocenters. The molecule has 0 saturated carbocycles. The lowest BCUT2D eigenvalue weighted by atomic mass is 10.2. The molecule has 5 nitrogen and oxygen atoms in total. The van der Waals surface area contributed by atoms with E-state index in [1.807, 2.05) is 24.3 Å². The fraction of sp³-hybridized carbons (Fsp3) is 0.0909. The minimum atomic E-state index is -0.252. The Labute approximate surface area is 102 Å². The van der Waals surface area contributed by atoms with Crippen LogP contribution in [-0.4, -0.2) is 24.7 Å². The number of rotatable bonds is 2. The van der Waals surface area contributed by atoms with Gasteiger partial charge in [0.1, 0.15) is 6.33 Å². The first-order chi connectivity index (χ1) is 8.24. The molecule has 0 unspecified atom stereocenters. The van der Waals surface area contributed by atoms with Crippen LogP contribution < -0.4 is 0 Å². The molecule has 0 bridgehead atoms. The maximum atomic E-state index is 10.9. The molecule has 0 aliphatic rings. The van der Waals surface area contributed by atoms with Crippen LogP contribution in [0.2, 0.25) is 0 Å². The third-order valence-electron chi connectivity index (χ3n) is 2.44. The molecule has 3 rings (SSSR count). The van der Waals surface area contributed by atoms with Gasteiger partial charge in [0, 0.05) is 5.39 Å². The van der Waals surface area contributed by atoms with Crippen LogP contribution in [0.25, 0.3) is 16.6 Å². The minimum absolute atomic E-state index is 0.124. The van der Waals surface area contributed by atoms with Crippen molar-refractivity contribution in [2.45, 2.75) is 6.42 Å². The molecular weight excluding hydrogens is 236 g/mol. The van der Waals surface area contributed by atoms with Gasteiger partial charge in [-0.05, 0) is 12.1 Å². The first-order valence-corrected chi connectivity index (χ1v) is 5.49. The smallest absolute Gasteiger partial charge is 0.193 e. The maximum absolute atomic E-state index is 10.9. The quantitative estimate of drug-likeness (QED) is 0.690. The summed E-state index contributed by atoms with van der Waals surface area (Å²) in [5.74, 6) is 0.461. The number of carbonyl (C=O) groups is 1. The molecule has 0 amide bonds. The van der Waals surface area contributed by atoms with Gasteiger partial charge in [-0.3, -0.25) is 4.79 Å². The second-order valence-corrected chi connectivity index (χ2v) is 4.13. The summed E-state index contributed by atoms with van der Waals surface area (Å²) in [6, 6.07) is 7.68. The summed E-state index contributed by atoms with van der Waals surface area (Å²) in [6.45, 7) is 0. The molecule has 2 aromatic heterocycles. The molecular formula is C11H8N4OS. The summed E-state index contributed by atoms with van der Waals surface area (Å²) in [5.41, 5.74) is 1.57. The summed E-state index contributed by atoms with van der Waals surface area (Å²) in [7, 11) is 0. The second kappa shape index (κ2) is 3.81. The zero-order valence-electron chi connectivity index (χ0n) is 8.74. The van der Waals surface area contributed by atoms with E-state index in [4.69, 9.17) is 0 Å². The first kappa shape index (κ1) is 10.2. The Kier molecular flexibility index (Phi) is 2.29. The number of thiol groups is 1. The van der Waals surface area contributed by atoms with Crippen LogP contribution in [-0.2, 0) is 11.2 Å². The van der Waals surface area contributed by atoms with Crippen molar-refractivity contribution in [3.8, 4) is 0 Å². The van der Waals surface area contributed by atoms with E-state index in [1.165, 1.54) is 0 Å². The second-order valence-electron chi connectivity index (χ2n) is 3.63. The Morgan fingerprint density at radius 2 is 2.18 bits per heavy atom. The fourth-order valence-electron chi connectivity index (χ4n) is 1.73. The van der Waals surface area contributed by atoms with E-state index >= 15 is 0 Å². The Balaban J connectivity index is 2.27. The van der Waals surface area contributed by atoms with Gasteiger partial charge >= 0.3 is 0 Å². The summed E-state index contributed by atoms with van der Waals surface area (Å²) in [6.07, 6.45) is 1.72. The van der Waals surface area contributed by atoms with Crippen molar-refractivity contribution >= 4 is 34.3 Å². The lowest BCUT2D eigenvalue weighted by Crippen LogP contribution is -1.96. The molecule has 0 aliphatic heterocycles. The highest BCUT2D eigenvalue weighted by molar-refractivity contribution is 7.96. The van der Waals surface area contributed by atoms with E-state index in [0.717, 1.165) is 10.9 Å². The number of carbonyl (C=O) groups excluding carboxylic acids is 1. The average molecular weight is 244 g/mol. The topological polar surface area (TPSA) is 60.2 Å². The number of nitrogens with zero attached hydrogens (tertiary/aromatic N) is 4. The molecule has 2 heterocycles. The van der Waals surface area contributed by atoms with Crippen LogP contribution in [0, 0.1) is 0 Å². The van der Waals surface area contributed by atoms with Crippen molar-refractivity contribution in [3.05, 3.63) is 36.4 Å². The van der Waals surface area contributed by atoms with E-state index < -0.39 is 0 Å². The normalized spacial score (nSPS) is 11.1. The zero-order chi connectivity index (χ0) is 11.8. The minimum Gasteiger partial charge on any atom is -0.287 e. The number of para-hydroxylation sites is 1. The molecule has 3 aromatic rings. The van der Waals surface area contributed by atoms with E-state index in [-0.39, 0.29) is 11.5 Å². The molecule has 84 valence electrons. The van der Waals surface area contributed by atoms with Crippen molar-refractivity contribution in [2.75, 3.05) is 0 Å². The van der Waals surface area contributed by atoms with Crippen LogP contribution >= 0.6 is 12.6 Å². The van der Waals surface area contributed by atoms with E-state index in [2.05, 4.69) is 27.7 Å². The van der Waals surface area contributed by atoms with E-state index in [9.17, 15) is 4.79 Å². The van der Waals surface area contributed by atoms with E-state index in [1.54, 1.807) is 10.8 Å². The lowest BCUT2D eigenvalue weighted by Gasteiger charge is -1.96. The van der Waals surface area contributed by atoms with Crippen molar-refractivity contribution in [1.82, 2.24) is 19.6 Å².